The van der Waals surface area contributed by atoms with E-state index in [1.54, 1.807) is 0 Å². The Kier molecular flexibility index (Phi) is 2.71. The quantitative estimate of drug-likeness (QED) is 0.642. The molecule has 0 amide bonds. The zero-order chi connectivity index (χ0) is 10.1. The molecule has 0 aliphatic heterocycles. The fourth-order valence-corrected chi connectivity index (χ4v) is 1.02. The molecule has 1 rings (SSSR count). The van der Waals surface area contributed by atoms with Crippen LogP contribution in [0, 0.1) is 0 Å². The van der Waals surface area contributed by atoms with Gasteiger partial charge in [-0.2, -0.15) is 13.2 Å². The number of anilines is 1. The molecule has 5 heteroatoms. The van der Waals surface area contributed by atoms with Gasteiger partial charge in [0.2, 0.25) is 0 Å². The van der Waals surface area contributed by atoms with Crippen LogP contribution in [0.25, 0.3) is 0 Å². The predicted octanol–water partition coefficient (Wildman–Crippen LogP) is 3.30. The average Bonchev–Trinajstić information content (AvgIpc) is 2.01. The van der Waals surface area contributed by atoms with Gasteiger partial charge in [0, 0.05) is 17.8 Å². The first-order valence-corrected chi connectivity index (χ1v) is 3.85. The number of hydrogen-bond donors (Lipinski definition) is 0. The second kappa shape index (κ2) is 3.46. The first-order chi connectivity index (χ1) is 5.91. The normalized spacial score (nSPS) is 11.5. The third kappa shape index (κ3) is 2.52. The maximum absolute atomic E-state index is 12.1. The van der Waals surface area contributed by atoms with Crippen LogP contribution in [0.3, 0.4) is 0 Å². The highest BCUT2D eigenvalue weighted by atomic mass is 35.5. The lowest BCUT2D eigenvalue weighted by atomic mass is 10.3. The van der Waals surface area contributed by atoms with Crippen LogP contribution < -0.4 is 4.90 Å². The molecule has 0 aromatic heterocycles. The van der Waals surface area contributed by atoms with Gasteiger partial charge in [-0.15, -0.1) is 0 Å². The second-order valence-electron chi connectivity index (χ2n) is 2.51. The largest absolute Gasteiger partial charge is 0.484 e. The molecule has 13 heavy (non-hydrogen) atoms. The predicted molar refractivity (Wildman–Crippen MR) is 45.9 cm³/mol. The van der Waals surface area contributed by atoms with Crippen LogP contribution in [-0.4, -0.2) is 13.3 Å². The van der Waals surface area contributed by atoms with Crippen molar-refractivity contribution in [2.45, 2.75) is 6.30 Å². The van der Waals surface area contributed by atoms with Gasteiger partial charge in [-0.3, -0.25) is 4.90 Å². The lowest BCUT2D eigenvalue weighted by Gasteiger charge is -2.21. The van der Waals surface area contributed by atoms with Gasteiger partial charge in [0.25, 0.3) is 0 Å². The number of nitrogens with zero attached hydrogens (tertiary/aromatic N) is 1. The van der Waals surface area contributed by atoms with Gasteiger partial charge in [0.15, 0.2) is 0 Å². The number of benzene rings is 1. The molecule has 0 heterocycles. The van der Waals surface area contributed by atoms with Crippen molar-refractivity contribution in [1.82, 2.24) is 0 Å². The minimum atomic E-state index is -4.37. The van der Waals surface area contributed by atoms with Crippen LogP contribution in [0.15, 0.2) is 24.3 Å². The molecular weight excluding hydrogens is 203 g/mol. The molecule has 0 radical (unpaired) electrons. The van der Waals surface area contributed by atoms with E-state index >= 15 is 0 Å². The van der Waals surface area contributed by atoms with Crippen molar-refractivity contribution in [3.63, 3.8) is 0 Å². The molecular formula is C8H7ClF3N. The molecule has 0 atom stereocenters. The molecule has 1 aromatic rings. The standard InChI is InChI=1S/C8H7ClF3N/c1-13(8(10,11)12)7-4-2-3-6(9)5-7/h2-5H,1H3. The Hall–Kier alpha value is -0.900. The fraction of sp³-hybridized carbons (Fsp3) is 0.250. The number of rotatable bonds is 1. The van der Waals surface area contributed by atoms with Crippen molar-refractivity contribution in [1.29, 1.82) is 0 Å². The molecule has 0 saturated carbocycles. The zero-order valence-corrected chi connectivity index (χ0v) is 7.52. The Morgan fingerprint density at radius 1 is 1.31 bits per heavy atom. The molecule has 0 aliphatic rings. The van der Waals surface area contributed by atoms with Gasteiger partial charge in [-0.25, -0.2) is 0 Å². The Bertz CT molecular complexity index is 298. The van der Waals surface area contributed by atoms with E-state index in [4.69, 9.17) is 11.6 Å². The summed E-state index contributed by atoms with van der Waals surface area (Å²) in [4.78, 5) is 0.207. The first kappa shape index (κ1) is 10.2. The molecule has 0 spiro atoms. The van der Waals surface area contributed by atoms with E-state index in [1.165, 1.54) is 24.3 Å². The molecule has 0 fully saturated rings. The summed E-state index contributed by atoms with van der Waals surface area (Å²) in [6.07, 6.45) is -4.37. The van der Waals surface area contributed by atoms with E-state index in [9.17, 15) is 13.2 Å². The van der Waals surface area contributed by atoms with Crippen LogP contribution in [-0.2, 0) is 0 Å². The Morgan fingerprint density at radius 3 is 2.38 bits per heavy atom. The smallest absolute Gasteiger partial charge is 0.287 e. The van der Waals surface area contributed by atoms with Gasteiger partial charge < -0.3 is 0 Å². The van der Waals surface area contributed by atoms with Crippen molar-refractivity contribution in [2.24, 2.45) is 0 Å². The second-order valence-corrected chi connectivity index (χ2v) is 2.94. The highest BCUT2D eigenvalue weighted by Crippen LogP contribution is 2.27. The fourth-order valence-electron chi connectivity index (χ4n) is 0.831. The van der Waals surface area contributed by atoms with Crippen LogP contribution in [0.4, 0.5) is 18.9 Å². The van der Waals surface area contributed by atoms with E-state index in [2.05, 4.69) is 0 Å². The maximum atomic E-state index is 12.1. The minimum Gasteiger partial charge on any atom is -0.287 e. The zero-order valence-electron chi connectivity index (χ0n) is 6.77. The summed E-state index contributed by atoms with van der Waals surface area (Å²) in [5, 5.41) is 0.286. The number of alkyl halides is 3. The molecule has 72 valence electrons. The van der Waals surface area contributed by atoms with E-state index in [0.29, 0.717) is 0 Å². The van der Waals surface area contributed by atoms with Gasteiger partial charge in [-0.05, 0) is 18.2 Å². The van der Waals surface area contributed by atoms with Crippen molar-refractivity contribution >= 4 is 17.3 Å². The van der Waals surface area contributed by atoms with Crippen molar-refractivity contribution in [3.05, 3.63) is 29.3 Å². The first-order valence-electron chi connectivity index (χ1n) is 3.47. The summed E-state index contributed by atoms with van der Waals surface area (Å²) >= 11 is 5.54. The summed E-state index contributed by atoms with van der Waals surface area (Å²) < 4.78 is 36.4. The highest BCUT2D eigenvalue weighted by molar-refractivity contribution is 6.30. The van der Waals surface area contributed by atoms with Crippen molar-refractivity contribution in [3.8, 4) is 0 Å². The van der Waals surface area contributed by atoms with E-state index in [-0.39, 0.29) is 15.6 Å². The van der Waals surface area contributed by atoms with E-state index < -0.39 is 6.30 Å². The van der Waals surface area contributed by atoms with Crippen LogP contribution in [0.2, 0.25) is 5.02 Å². The van der Waals surface area contributed by atoms with E-state index in [1.807, 2.05) is 0 Å². The lowest BCUT2D eigenvalue weighted by molar-refractivity contribution is -0.125. The van der Waals surface area contributed by atoms with E-state index in [0.717, 1.165) is 7.05 Å². The molecule has 0 bridgehead atoms. The summed E-state index contributed by atoms with van der Waals surface area (Å²) in [7, 11) is 0.950. The van der Waals surface area contributed by atoms with Gasteiger partial charge in [-0.1, -0.05) is 17.7 Å². The van der Waals surface area contributed by atoms with Crippen LogP contribution in [0.5, 0.6) is 0 Å². The maximum Gasteiger partial charge on any atom is 0.484 e. The summed E-state index contributed by atoms with van der Waals surface area (Å²) in [5.41, 5.74) is 0.0278. The average molecular weight is 210 g/mol. The summed E-state index contributed by atoms with van der Waals surface area (Å²) in [6, 6.07) is 5.60. The Labute approximate surface area is 78.7 Å². The monoisotopic (exact) mass is 209 g/mol. The van der Waals surface area contributed by atoms with Crippen molar-refractivity contribution < 1.29 is 13.2 Å². The third-order valence-electron chi connectivity index (χ3n) is 1.58. The molecule has 0 unspecified atom stereocenters. The summed E-state index contributed by atoms with van der Waals surface area (Å²) in [6.45, 7) is 0. The Morgan fingerprint density at radius 2 is 1.92 bits per heavy atom. The third-order valence-corrected chi connectivity index (χ3v) is 1.81. The molecule has 1 nitrogen and oxygen atoms in total. The van der Waals surface area contributed by atoms with Crippen LogP contribution in [0.1, 0.15) is 0 Å². The SMILES string of the molecule is CN(c1cccc(Cl)c1)C(F)(F)F. The van der Waals surface area contributed by atoms with Crippen molar-refractivity contribution in [2.75, 3.05) is 11.9 Å². The molecule has 0 aliphatic carbocycles. The lowest BCUT2D eigenvalue weighted by Crippen LogP contribution is -2.33. The van der Waals surface area contributed by atoms with Gasteiger partial charge >= 0.3 is 6.30 Å². The molecule has 0 saturated heterocycles. The van der Waals surface area contributed by atoms with Gasteiger partial charge in [0.1, 0.15) is 0 Å². The van der Waals surface area contributed by atoms with Crippen LogP contribution >= 0.6 is 11.6 Å². The topological polar surface area (TPSA) is 3.24 Å². The summed E-state index contributed by atoms with van der Waals surface area (Å²) in [5.74, 6) is 0. The highest BCUT2D eigenvalue weighted by Gasteiger charge is 2.34. The molecule has 1 aromatic carbocycles. The number of hydrogen-bond acceptors (Lipinski definition) is 1. The number of halogens is 4. The Balaban J connectivity index is 2.96. The minimum absolute atomic E-state index is 0.0278. The molecule has 0 N–H and O–H groups in total. The van der Waals surface area contributed by atoms with Gasteiger partial charge in [0.05, 0.1) is 0 Å².